The average molecular weight is 221 g/mol. The quantitative estimate of drug-likeness (QED) is 0.849. The standard InChI is InChI=1S/C13H23N3/c1-10(2)15-9-11-6-7-14-12(16-11)8-13(3,4)5/h6-7,10,15H,8-9H2,1-5H3. The smallest absolute Gasteiger partial charge is 0.129 e. The van der Waals surface area contributed by atoms with Gasteiger partial charge in [0.2, 0.25) is 0 Å². The summed E-state index contributed by atoms with van der Waals surface area (Å²) in [4.78, 5) is 8.87. The SMILES string of the molecule is CC(C)NCc1ccnc(CC(C)(C)C)n1. The Labute approximate surface area is 98.7 Å². The molecule has 0 radical (unpaired) electrons. The molecule has 3 nitrogen and oxygen atoms in total. The van der Waals surface area contributed by atoms with Crippen molar-refractivity contribution in [3.63, 3.8) is 0 Å². The number of hydrogen-bond donors (Lipinski definition) is 1. The van der Waals surface area contributed by atoms with E-state index in [0.29, 0.717) is 6.04 Å². The molecule has 0 aliphatic carbocycles. The van der Waals surface area contributed by atoms with Gasteiger partial charge >= 0.3 is 0 Å². The third kappa shape index (κ3) is 5.21. The number of hydrogen-bond acceptors (Lipinski definition) is 3. The molecule has 1 rings (SSSR count). The zero-order valence-electron chi connectivity index (χ0n) is 11.0. The maximum Gasteiger partial charge on any atom is 0.129 e. The van der Waals surface area contributed by atoms with Gasteiger partial charge in [-0.15, -0.1) is 0 Å². The summed E-state index contributed by atoms with van der Waals surface area (Å²) in [6.45, 7) is 11.7. The van der Waals surface area contributed by atoms with Gasteiger partial charge in [-0.2, -0.15) is 0 Å². The number of nitrogens with one attached hydrogen (secondary N) is 1. The lowest BCUT2D eigenvalue weighted by atomic mass is 9.92. The second kappa shape index (κ2) is 5.39. The van der Waals surface area contributed by atoms with Gasteiger partial charge in [0, 0.05) is 25.2 Å². The predicted octanol–water partition coefficient (Wildman–Crippen LogP) is 2.56. The Morgan fingerprint density at radius 3 is 2.56 bits per heavy atom. The van der Waals surface area contributed by atoms with Gasteiger partial charge in [-0.05, 0) is 11.5 Å². The molecule has 0 aromatic carbocycles. The molecule has 1 N–H and O–H groups in total. The highest BCUT2D eigenvalue weighted by Crippen LogP contribution is 2.17. The normalized spacial score (nSPS) is 12.1. The van der Waals surface area contributed by atoms with Crippen LogP contribution in [-0.2, 0) is 13.0 Å². The molecule has 3 heteroatoms. The molecule has 1 aromatic heterocycles. The van der Waals surface area contributed by atoms with Crippen LogP contribution in [0.5, 0.6) is 0 Å². The van der Waals surface area contributed by atoms with Crippen LogP contribution in [0.3, 0.4) is 0 Å². The molecule has 1 heterocycles. The summed E-state index contributed by atoms with van der Waals surface area (Å²) < 4.78 is 0. The molecule has 0 unspecified atom stereocenters. The molecule has 0 atom stereocenters. The Bertz CT molecular complexity index is 326. The molecule has 0 fully saturated rings. The first kappa shape index (κ1) is 13.1. The van der Waals surface area contributed by atoms with Crippen LogP contribution < -0.4 is 5.32 Å². The minimum Gasteiger partial charge on any atom is -0.309 e. The van der Waals surface area contributed by atoms with E-state index in [1.54, 1.807) is 0 Å². The van der Waals surface area contributed by atoms with Gasteiger partial charge in [0.15, 0.2) is 0 Å². The highest BCUT2D eigenvalue weighted by molar-refractivity contribution is 5.03. The van der Waals surface area contributed by atoms with Crippen LogP contribution in [0.1, 0.15) is 46.1 Å². The Morgan fingerprint density at radius 1 is 1.31 bits per heavy atom. The van der Waals surface area contributed by atoms with E-state index in [4.69, 9.17) is 0 Å². The van der Waals surface area contributed by atoms with Crippen LogP contribution in [0.15, 0.2) is 12.3 Å². The molecule has 0 bridgehead atoms. The molecule has 90 valence electrons. The lowest BCUT2D eigenvalue weighted by Crippen LogP contribution is -2.23. The summed E-state index contributed by atoms with van der Waals surface area (Å²) in [6, 6.07) is 2.46. The van der Waals surface area contributed by atoms with E-state index < -0.39 is 0 Å². The fraction of sp³-hybridized carbons (Fsp3) is 0.692. The Kier molecular flexibility index (Phi) is 4.42. The summed E-state index contributed by atoms with van der Waals surface area (Å²) in [6.07, 6.45) is 2.77. The van der Waals surface area contributed by atoms with Crippen LogP contribution in [0.2, 0.25) is 0 Å². The number of aromatic nitrogens is 2. The lowest BCUT2D eigenvalue weighted by Gasteiger charge is -2.17. The largest absolute Gasteiger partial charge is 0.309 e. The van der Waals surface area contributed by atoms with Crippen molar-refractivity contribution in [2.75, 3.05) is 0 Å². The summed E-state index contributed by atoms with van der Waals surface area (Å²) >= 11 is 0. The minimum atomic E-state index is 0.240. The first-order valence-electron chi connectivity index (χ1n) is 5.91. The lowest BCUT2D eigenvalue weighted by molar-refractivity contribution is 0.399. The van der Waals surface area contributed by atoms with Crippen molar-refractivity contribution in [1.29, 1.82) is 0 Å². The molecule has 1 aromatic rings. The molecule has 0 aliphatic heterocycles. The van der Waals surface area contributed by atoms with Gasteiger partial charge in [-0.25, -0.2) is 9.97 Å². The van der Waals surface area contributed by atoms with Crippen molar-refractivity contribution in [2.45, 2.75) is 53.6 Å². The van der Waals surface area contributed by atoms with E-state index in [1.807, 2.05) is 12.3 Å². The van der Waals surface area contributed by atoms with Crippen LogP contribution in [0.4, 0.5) is 0 Å². The molecule has 0 saturated heterocycles. The zero-order valence-corrected chi connectivity index (χ0v) is 11.0. The summed E-state index contributed by atoms with van der Waals surface area (Å²) in [5, 5.41) is 3.36. The van der Waals surface area contributed by atoms with Crippen molar-refractivity contribution in [1.82, 2.24) is 15.3 Å². The molecule has 0 saturated carbocycles. The van der Waals surface area contributed by atoms with E-state index in [-0.39, 0.29) is 5.41 Å². The molecule has 0 spiro atoms. The van der Waals surface area contributed by atoms with Crippen LogP contribution in [-0.4, -0.2) is 16.0 Å². The van der Waals surface area contributed by atoms with Crippen molar-refractivity contribution in [3.05, 3.63) is 23.8 Å². The van der Waals surface area contributed by atoms with Gasteiger partial charge in [-0.1, -0.05) is 34.6 Å². The highest BCUT2D eigenvalue weighted by atomic mass is 14.9. The second-order valence-electron chi connectivity index (χ2n) is 5.74. The molecule has 16 heavy (non-hydrogen) atoms. The summed E-state index contributed by atoms with van der Waals surface area (Å²) in [5.41, 5.74) is 1.31. The van der Waals surface area contributed by atoms with Gasteiger partial charge in [0.1, 0.15) is 5.82 Å². The van der Waals surface area contributed by atoms with Crippen LogP contribution in [0, 0.1) is 5.41 Å². The molecule has 0 amide bonds. The van der Waals surface area contributed by atoms with Crippen LogP contribution >= 0.6 is 0 Å². The fourth-order valence-electron chi connectivity index (χ4n) is 1.41. The van der Waals surface area contributed by atoms with Crippen LogP contribution in [0.25, 0.3) is 0 Å². The monoisotopic (exact) mass is 221 g/mol. The zero-order chi connectivity index (χ0) is 12.2. The third-order valence-electron chi connectivity index (χ3n) is 2.14. The first-order valence-corrected chi connectivity index (χ1v) is 5.91. The summed E-state index contributed by atoms with van der Waals surface area (Å²) in [5.74, 6) is 0.940. The highest BCUT2D eigenvalue weighted by Gasteiger charge is 2.13. The minimum absolute atomic E-state index is 0.240. The predicted molar refractivity (Wildman–Crippen MR) is 67.2 cm³/mol. The number of nitrogens with zero attached hydrogens (tertiary/aromatic N) is 2. The molecular weight excluding hydrogens is 198 g/mol. The van der Waals surface area contributed by atoms with Gasteiger partial charge in [-0.3, -0.25) is 0 Å². The van der Waals surface area contributed by atoms with Gasteiger partial charge in [0.25, 0.3) is 0 Å². The van der Waals surface area contributed by atoms with E-state index in [9.17, 15) is 0 Å². The Hall–Kier alpha value is -0.960. The maximum atomic E-state index is 4.56. The van der Waals surface area contributed by atoms with Gasteiger partial charge < -0.3 is 5.32 Å². The van der Waals surface area contributed by atoms with Crippen molar-refractivity contribution in [2.24, 2.45) is 5.41 Å². The van der Waals surface area contributed by atoms with Crippen molar-refractivity contribution in [3.8, 4) is 0 Å². The molecular formula is C13H23N3. The topological polar surface area (TPSA) is 37.8 Å². The van der Waals surface area contributed by atoms with E-state index in [0.717, 1.165) is 24.5 Å². The molecule has 0 aliphatic rings. The third-order valence-corrected chi connectivity index (χ3v) is 2.14. The van der Waals surface area contributed by atoms with E-state index >= 15 is 0 Å². The van der Waals surface area contributed by atoms with Crippen molar-refractivity contribution >= 4 is 0 Å². The fourth-order valence-corrected chi connectivity index (χ4v) is 1.41. The number of rotatable bonds is 4. The first-order chi connectivity index (χ1) is 7.37. The van der Waals surface area contributed by atoms with E-state index in [1.165, 1.54) is 0 Å². The Balaban J connectivity index is 2.64. The van der Waals surface area contributed by atoms with E-state index in [2.05, 4.69) is 49.9 Å². The van der Waals surface area contributed by atoms with Crippen molar-refractivity contribution < 1.29 is 0 Å². The summed E-state index contributed by atoms with van der Waals surface area (Å²) in [7, 11) is 0. The second-order valence-corrected chi connectivity index (χ2v) is 5.74. The van der Waals surface area contributed by atoms with Gasteiger partial charge in [0.05, 0.1) is 5.69 Å². The maximum absolute atomic E-state index is 4.56. The Morgan fingerprint density at radius 2 is 2.00 bits per heavy atom. The average Bonchev–Trinajstić information content (AvgIpc) is 2.12.